The Bertz CT molecular complexity index is 3050. The van der Waals surface area contributed by atoms with Gasteiger partial charge in [-0.15, -0.1) is 0 Å². The van der Waals surface area contributed by atoms with Crippen molar-refractivity contribution in [3.8, 4) is 67.5 Å². The van der Waals surface area contributed by atoms with Crippen LogP contribution in [0.3, 0.4) is 0 Å². The molecule has 0 aliphatic heterocycles. The van der Waals surface area contributed by atoms with E-state index in [1.54, 1.807) is 0 Å². The second kappa shape index (κ2) is 16.6. The lowest BCUT2D eigenvalue weighted by molar-refractivity contribution is 0.446. The highest BCUT2D eigenvalue weighted by atomic mass is 16.3. The first-order chi connectivity index (χ1) is 30.8. The second-order valence-corrected chi connectivity index (χ2v) is 23.5. The number of nitrogens with zero attached hydrogens (tertiary/aromatic N) is 3. The minimum absolute atomic E-state index is 0.0467. The van der Waals surface area contributed by atoms with Crippen molar-refractivity contribution in [1.29, 1.82) is 0 Å². The average molecular weight is 872 g/mol. The van der Waals surface area contributed by atoms with Gasteiger partial charge in [0, 0.05) is 28.6 Å². The summed E-state index contributed by atoms with van der Waals surface area (Å²) < 4.78 is 2.34. The number of imidazole rings is 1. The Morgan fingerprint density at radius 1 is 0.409 bits per heavy atom. The number of hydrogen-bond donors (Lipinski definition) is 1. The van der Waals surface area contributed by atoms with Crippen molar-refractivity contribution in [3.63, 3.8) is 0 Å². The number of pyridine rings is 1. The SMILES string of the molecule is CC(C)(C)c1cc(-n2c(-c3cc(C(C)(C)C)cc(C(C)(C)C)c3O)nc3c(-c4cccc(-c5ccccn5)c4)cc(-c4ccc(C(C)(C)C)cc4-c4ccccc4)cc32)cc(C(C)(C)C)c1. The maximum absolute atomic E-state index is 12.7. The van der Waals surface area contributed by atoms with Crippen molar-refractivity contribution >= 4 is 11.0 Å². The summed E-state index contributed by atoms with van der Waals surface area (Å²) in [7, 11) is 0. The van der Waals surface area contributed by atoms with Gasteiger partial charge in [-0.05, 0) is 126 Å². The van der Waals surface area contributed by atoms with E-state index in [0.717, 1.165) is 72.5 Å². The van der Waals surface area contributed by atoms with Crippen LogP contribution in [0.5, 0.6) is 5.75 Å². The van der Waals surface area contributed by atoms with E-state index >= 15 is 0 Å². The molecule has 0 atom stereocenters. The molecule has 0 amide bonds. The van der Waals surface area contributed by atoms with E-state index in [9.17, 15) is 5.11 Å². The van der Waals surface area contributed by atoms with Gasteiger partial charge in [0.15, 0.2) is 0 Å². The molecule has 0 aliphatic rings. The van der Waals surface area contributed by atoms with Crippen LogP contribution in [-0.2, 0) is 27.1 Å². The lowest BCUT2D eigenvalue weighted by Crippen LogP contribution is -2.18. The number of phenols is 1. The quantitative estimate of drug-likeness (QED) is 0.181. The third-order valence-electron chi connectivity index (χ3n) is 13.1. The Labute approximate surface area is 394 Å². The number of aromatic nitrogens is 3. The number of aromatic hydroxyl groups is 1. The fraction of sp³-hybridized carbons (Fsp3) is 0.323. The smallest absolute Gasteiger partial charge is 0.149 e. The third kappa shape index (κ3) is 9.12. The first kappa shape index (κ1) is 46.3. The standard InChI is InChI=1S/C62H69N3O/c1-58(2,3)43-27-28-48(49(36-43)39-22-17-16-18-23-39)42-31-50(40-24-21-25-41(30-40)53-26-19-20-29-63-53)55-54(32-42)65(47-34-44(59(4,5)6)33-45(35-47)60(7,8)9)57(64-55)51-37-46(61(10,11)12)38-52(56(51)66)62(13,14)15/h16-38,66H,1-15H3. The van der Waals surface area contributed by atoms with Crippen molar-refractivity contribution in [1.82, 2.24) is 14.5 Å². The van der Waals surface area contributed by atoms with Gasteiger partial charge in [0.1, 0.15) is 11.6 Å². The molecule has 0 saturated heterocycles. The number of phenolic OH excluding ortho intramolecular Hbond substituents is 1. The molecule has 0 fully saturated rings. The summed E-state index contributed by atoms with van der Waals surface area (Å²) in [6.07, 6.45) is 1.85. The highest BCUT2D eigenvalue weighted by Crippen LogP contribution is 2.47. The minimum Gasteiger partial charge on any atom is -0.507 e. The van der Waals surface area contributed by atoms with Gasteiger partial charge in [-0.2, -0.15) is 0 Å². The first-order valence-corrected chi connectivity index (χ1v) is 23.6. The molecule has 338 valence electrons. The molecule has 1 N–H and O–H groups in total. The van der Waals surface area contributed by atoms with Crippen molar-refractivity contribution in [2.75, 3.05) is 0 Å². The molecule has 2 aromatic heterocycles. The zero-order valence-electron chi connectivity index (χ0n) is 42.1. The van der Waals surface area contributed by atoms with Crippen LogP contribution in [0, 0.1) is 0 Å². The molecular formula is C62H69N3O. The van der Waals surface area contributed by atoms with E-state index in [1.807, 2.05) is 18.3 Å². The van der Waals surface area contributed by atoms with Crippen molar-refractivity contribution < 1.29 is 5.11 Å². The van der Waals surface area contributed by atoms with Crippen LogP contribution < -0.4 is 0 Å². The first-order valence-electron chi connectivity index (χ1n) is 23.6. The van der Waals surface area contributed by atoms with Crippen LogP contribution in [0.1, 0.15) is 132 Å². The number of fused-ring (bicyclic) bond motifs is 1. The Kier molecular flexibility index (Phi) is 11.6. The molecule has 66 heavy (non-hydrogen) atoms. The summed E-state index contributed by atoms with van der Waals surface area (Å²) in [5.41, 5.74) is 17.1. The van der Waals surface area contributed by atoms with Gasteiger partial charge in [-0.25, -0.2) is 4.98 Å². The summed E-state index contributed by atoms with van der Waals surface area (Å²) in [6.45, 7) is 33.8. The molecule has 8 rings (SSSR count). The highest BCUT2D eigenvalue weighted by molar-refractivity contribution is 6.01. The van der Waals surface area contributed by atoms with Crippen LogP contribution in [0.15, 0.2) is 140 Å². The molecule has 4 nitrogen and oxygen atoms in total. The number of rotatable bonds is 6. The molecule has 2 heterocycles. The zero-order chi connectivity index (χ0) is 47.7. The summed E-state index contributed by atoms with van der Waals surface area (Å²) >= 11 is 0. The van der Waals surface area contributed by atoms with Gasteiger partial charge in [-0.1, -0.05) is 189 Å². The van der Waals surface area contributed by atoms with E-state index in [-0.39, 0.29) is 32.8 Å². The Balaban J connectivity index is 1.59. The maximum Gasteiger partial charge on any atom is 0.149 e. The molecule has 0 spiro atoms. The van der Waals surface area contributed by atoms with E-state index in [1.165, 1.54) is 22.3 Å². The normalized spacial score (nSPS) is 12.8. The molecule has 8 aromatic rings. The molecule has 0 radical (unpaired) electrons. The fourth-order valence-electron chi connectivity index (χ4n) is 8.91. The van der Waals surface area contributed by atoms with E-state index in [0.29, 0.717) is 5.82 Å². The Hall–Kier alpha value is -6.26. The van der Waals surface area contributed by atoms with Crippen LogP contribution in [-0.4, -0.2) is 19.6 Å². The van der Waals surface area contributed by atoms with Gasteiger partial charge in [0.25, 0.3) is 0 Å². The fourth-order valence-corrected chi connectivity index (χ4v) is 8.91. The van der Waals surface area contributed by atoms with Gasteiger partial charge in [0.2, 0.25) is 0 Å². The Morgan fingerprint density at radius 2 is 0.985 bits per heavy atom. The number of benzene rings is 6. The molecule has 0 unspecified atom stereocenters. The topological polar surface area (TPSA) is 50.9 Å². The molecule has 0 bridgehead atoms. The van der Waals surface area contributed by atoms with E-state index in [2.05, 4.69) is 230 Å². The molecule has 0 saturated carbocycles. The van der Waals surface area contributed by atoms with Gasteiger partial charge in [0.05, 0.1) is 22.3 Å². The predicted molar refractivity (Wildman–Crippen MR) is 281 cm³/mol. The molecule has 0 aliphatic carbocycles. The lowest BCUT2D eigenvalue weighted by Gasteiger charge is -2.28. The lowest BCUT2D eigenvalue weighted by atomic mass is 9.78. The Morgan fingerprint density at radius 3 is 1.58 bits per heavy atom. The van der Waals surface area contributed by atoms with Gasteiger partial charge < -0.3 is 5.11 Å². The highest BCUT2D eigenvalue weighted by Gasteiger charge is 2.31. The van der Waals surface area contributed by atoms with Gasteiger partial charge >= 0.3 is 0 Å². The van der Waals surface area contributed by atoms with E-state index < -0.39 is 0 Å². The summed E-state index contributed by atoms with van der Waals surface area (Å²) in [5.74, 6) is 0.966. The average Bonchev–Trinajstić information content (AvgIpc) is 3.64. The monoisotopic (exact) mass is 872 g/mol. The number of hydrogen-bond acceptors (Lipinski definition) is 3. The molecule has 4 heteroatoms. The van der Waals surface area contributed by atoms with Crippen molar-refractivity contribution in [2.24, 2.45) is 0 Å². The summed E-state index contributed by atoms with van der Waals surface area (Å²) in [4.78, 5) is 10.5. The van der Waals surface area contributed by atoms with Crippen molar-refractivity contribution in [2.45, 2.75) is 131 Å². The van der Waals surface area contributed by atoms with Crippen LogP contribution in [0.4, 0.5) is 0 Å². The largest absolute Gasteiger partial charge is 0.507 e. The summed E-state index contributed by atoms with van der Waals surface area (Å²) in [6, 6.07) is 48.6. The molecular weight excluding hydrogens is 803 g/mol. The predicted octanol–water partition coefficient (Wildman–Crippen LogP) is 16.9. The van der Waals surface area contributed by atoms with E-state index in [4.69, 9.17) is 9.97 Å². The zero-order valence-corrected chi connectivity index (χ0v) is 42.1. The summed E-state index contributed by atoms with van der Waals surface area (Å²) in [5, 5.41) is 12.7. The molecule has 6 aromatic carbocycles. The van der Waals surface area contributed by atoms with Crippen LogP contribution in [0.25, 0.3) is 72.7 Å². The van der Waals surface area contributed by atoms with Crippen LogP contribution in [0.2, 0.25) is 0 Å². The van der Waals surface area contributed by atoms with Crippen LogP contribution >= 0.6 is 0 Å². The van der Waals surface area contributed by atoms with Crippen molar-refractivity contribution in [3.05, 3.63) is 167 Å². The second-order valence-electron chi connectivity index (χ2n) is 23.5. The van der Waals surface area contributed by atoms with Gasteiger partial charge in [-0.3, -0.25) is 9.55 Å². The maximum atomic E-state index is 12.7. The third-order valence-corrected chi connectivity index (χ3v) is 13.1. The minimum atomic E-state index is -0.334.